The second kappa shape index (κ2) is 6.37. The van der Waals surface area contributed by atoms with E-state index in [-0.39, 0.29) is 11.8 Å². The van der Waals surface area contributed by atoms with Gasteiger partial charge in [-0.1, -0.05) is 13.0 Å². The van der Waals surface area contributed by atoms with Crippen LogP contribution in [0.5, 0.6) is 0 Å². The van der Waals surface area contributed by atoms with Crippen molar-refractivity contribution >= 4 is 10.0 Å². The zero-order chi connectivity index (χ0) is 12.0. The van der Waals surface area contributed by atoms with Crippen LogP contribution in [0.25, 0.3) is 0 Å². The molecule has 0 aromatic carbocycles. The van der Waals surface area contributed by atoms with Crippen molar-refractivity contribution in [3.63, 3.8) is 0 Å². The molecule has 4 nitrogen and oxygen atoms in total. The summed E-state index contributed by atoms with van der Waals surface area (Å²) in [5.74, 6) is 0.188. The fourth-order valence-corrected chi connectivity index (χ4v) is 3.80. The first-order valence-electron chi connectivity index (χ1n) is 5.93. The molecule has 5 heteroatoms. The molecule has 1 aliphatic heterocycles. The maximum Gasteiger partial charge on any atom is 0.214 e. The van der Waals surface area contributed by atoms with E-state index in [0.29, 0.717) is 13.0 Å². The van der Waals surface area contributed by atoms with Crippen LogP contribution in [0.1, 0.15) is 26.2 Å². The highest BCUT2D eigenvalue weighted by Crippen LogP contribution is 2.15. The average molecular weight is 246 g/mol. The highest BCUT2D eigenvalue weighted by molar-refractivity contribution is 7.89. The highest BCUT2D eigenvalue weighted by Gasteiger charge is 2.30. The third-order valence-electron chi connectivity index (χ3n) is 2.82. The number of hydrogen-bond donors (Lipinski definition) is 1. The molecule has 0 amide bonds. The number of nitrogens with zero attached hydrogens (tertiary/aromatic N) is 1. The smallest absolute Gasteiger partial charge is 0.214 e. The van der Waals surface area contributed by atoms with Crippen LogP contribution in [-0.2, 0) is 10.0 Å². The molecule has 1 unspecified atom stereocenters. The summed E-state index contributed by atoms with van der Waals surface area (Å²) in [7, 11) is -3.11. The van der Waals surface area contributed by atoms with Crippen LogP contribution in [0.2, 0.25) is 0 Å². The van der Waals surface area contributed by atoms with Crippen LogP contribution in [-0.4, -0.2) is 44.2 Å². The van der Waals surface area contributed by atoms with Crippen molar-refractivity contribution in [3.8, 4) is 0 Å². The minimum absolute atomic E-state index is 0.148. The van der Waals surface area contributed by atoms with E-state index in [1.54, 1.807) is 10.4 Å². The summed E-state index contributed by atoms with van der Waals surface area (Å²) in [5.41, 5.74) is 0. The van der Waals surface area contributed by atoms with Gasteiger partial charge >= 0.3 is 0 Å². The Balaban J connectivity index is 2.70. The van der Waals surface area contributed by atoms with Crippen LogP contribution in [0.3, 0.4) is 0 Å². The van der Waals surface area contributed by atoms with E-state index in [1.807, 2.05) is 6.92 Å². The van der Waals surface area contributed by atoms with Crippen molar-refractivity contribution in [1.82, 2.24) is 9.62 Å². The lowest BCUT2D eigenvalue weighted by atomic mass is 10.2. The minimum Gasteiger partial charge on any atom is -0.315 e. The van der Waals surface area contributed by atoms with E-state index >= 15 is 0 Å². The van der Waals surface area contributed by atoms with Gasteiger partial charge in [0.05, 0.1) is 5.75 Å². The number of sulfonamides is 1. The predicted molar refractivity (Wildman–Crippen MR) is 66.9 cm³/mol. The third-order valence-corrected chi connectivity index (χ3v) is 4.77. The van der Waals surface area contributed by atoms with Crippen LogP contribution in [0, 0.1) is 0 Å². The molecule has 1 rings (SSSR count). The van der Waals surface area contributed by atoms with Crippen molar-refractivity contribution < 1.29 is 8.42 Å². The van der Waals surface area contributed by atoms with E-state index in [4.69, 9.17) is 0 Å². The second-order valence-corrected chi connectivity index (χ2v) is 6.19. The van der Waals surface area contributed by atoms with E-state index in [9.17, 15) is 8.42 Å². The Hall–Kier alpha value is -0.390. The van der Waals surface area contributed by atoms with Crippen molar-refractivity contribution in [2.24, 2.45) is 0 Å². The zero-order valence-corrected chi connectivity index (χ0v) is 10.8. The molecule has 1 heterocycles. The molecule has 0 aromatic rings. The third kappa shape index (κ3) is 3.57. The van der Waals surface area contributed by atoms with E-state index in [1.165, 1.54) is 0 Å². The quantitative estimate of drug-likeness (QED) is 0.681. The van der Waals surface area contributed by atoms with Gasteiger partial charge in [-0.25, -0.2) is 8.42 Å². The van der Waals surface area contributed by atoms with E-state index in [2.05, 4.69) is 11.9 Å². The monoisotopic (exact) mass is 246 g/mol. The van der Waals surface area contributed by atoms with Gasteiger partial charge in [-0.3, -0.25) is 0 Å². The predicted octanol–water partition coefficient (Wildman–Crippen LogP) is 0.966. The van der Waals surface area contributed by atoms with Gasteiger partial charge < -0.3 is 5.32 Å². The topological polar surface area (TPSA) is 49.4 Å². The Morgan fingerprint density at radius 3 is 2.81 bits per heavy atom. The van der Waals surface area contributed by atoms with Gasteiger partial charge in [0, 0.05) is 19.1 Å². The first-order chi connectivity index (χ1) is 7.61. The van der Waals surface area contributed by atoms with Gasteiger partial charge in [0.25, 0.3) is 0 Å². The minimum atomic E-state index is -3.11. The van der Waals surface area contributed by atoms with E-state index in [0.717, 1.165) is 25.9 Å². The van der Waals surface area contributed by atoms with Gasteiger partial charge in [0.1, 0.15) is 0 Å². The van der Waals surface area contributed by atoms with Gasteiger partial charge in [0.15, 0.2) is 0 Å². The Kier molecular flexibility index (Phi) is 5.44. The molecule has 0 spiro atoms. The van der Waals surface area contributed by atoms with Crippen molar-refractivity contribution in [2.75, 3.05) is 25.4 Å². The molecule has 1 fully saturated rings. The molecule has 16 heavy (non-hydrogen) atoms. The fourth-order valence-electron chi connectivity index (χ4n) is 2.00. The molecule has 94 valence electrons. The lowest BCUT2D eigenvalue weighted by Crippen LogP contribution is -2.43. The molecule has 0 radical (unpaired) electrons. The maximum atomic E-state index is 12.1. The Morgan fingerprint density at radius 2 is 2.31 bits per heavy atom. The number of rotatable bonds is 7. The van der Waals surface area contributed by atoms with Crippen LogP contribution in [0.15, 0.2) is 12.7 Å². The lowest BCUT2D eigenvalue weighted by molar-refractivity contribution is 0.335. The highest BCUT2D eigenvalue weighted by atomic mass is 32.2. The molecule has 1 N–H and O–H groups in total. The molecule has 0 aromatic heterocycles. The van der Waals surface area contributed by atoms with Crippen LogP contribution < -0.4 is 5.32 Å². The summed E-state index contributed by atoms with van der Waals surface area (Å²) < 4.78 is 25.9. The number of hydrogen-bond acceptors (Lipinski definition) is 3. The zero-order valence-electron chi connectivity index (χ0n) is 9.98. The van der Waals surface area contributed by atoms with Crippen molar-refractivity contribution in [1.29, 1.82) is 0 Å². The molecule has 0 aliphatic carbocycles. The molecule has 1 saturated heterocycles. The number of nitrogens with one attached hydrogen (secondary N) is 1. The summed E-state index contributed by atoms with van der Waals surface area (Å²) in [6.07, 6.45) is 3.98. The first-order valence-corrected chi connectivity index (χ1v) is 7.54. The standard InChI is InChI=1S/C11H22N2O2S/c1-3-5-9-16(14,15)13(8-4-2)11-6-7-12-10-11/h3,11-12H,1,4-10H2,2H3. The van der Waals surface area contributed by atoms with Crippen LogP contribution >= 0.6 is 0 Å². The van der Waals surface area contributed by atoms with Gasteiger partial charge in [-0.05, 0) is 25.8 Å². The largest absolute Gasteiger partial charge is 0.315 e. The number of allylic oxidation sites excluding steroid dienone is 1. The Labute approximate surface area is 98.8 Å². The fraction of sp³-hybridized carbons (Fsp3) is 0.818. The van der Waals surface area contributed by atoms with Crippen LogP contribution in [0.4, 0.5) is 0 Å². The summed E-state index contributed by atoms with van der Waals surface area (Å²) in [5, 5.41) is 3.21. The molecular weight excluding hydrogens is 224 g/mol. The molecule has 0 bridgehead atoms. The molecule has 1 aliphatic rings. The molecule has 0 saturated carbocycles. The first kappa shape index (κ1) is 13.7. The normalized spacial score (nSPS) is 21.5. The van der Waals surface area contributed by atoms with Gasteiger partial charge in [-0.15, -0.1) is 6.58 Å². The Bertz CT molecular complexity index is 308. The van der Waals surface area contributed by atoms with E-state index < -0.39 is 10.0 Å². The summed E-state index contributed by atoms with van der Waals surface area (Å²) >= 11 is 0. The van der Waals surface area contributed by atoms with Crippen molar-refractivity contribution in [3.05, 3.63) is 12.7 Å². The van der Waals surface area contributed by atoms with Crippen molar-refractivity contribution in [2.45, 2.75) is 32.2 Å². The summed E-state index contributed by atoms with van der Waals surface area (Å²) in [6, 6.07) is 0.148. The van der Waals surface area contributed by atoms with Gasteiger partial charge in [-0.2, -0.15) is 4.31 Å². The summed E-state index contributed by atoms with van der Waals surface area (Å²) in [4.78, 5) is 0. The Morgan fingerprint density at radius 1 is 1.56 bits per heavy atom. The maximum absolute atomic E-state index is 12.1. The molecule has 1 atom stereocenters. The summed E-state index contributed by atoms with van der Waals surface area (Å²) in [6.45, 7) is 7.92. The average Bonchev–Trinajstić information content (AvgIpc) is 2.76. The van der Waals surface area contributed by atoms with Gasteiger partial charge in [0.2, 0.25) is 10.0 Å². The second-order valence-electron chi connectivity index (χ2n) is 4.15. The molecular formula is C11H22N2O2S. The lowest BCUT2D eigenvalue weighted by Gasteiger charge is -2.27. The SMILES string of the molecule is C=CCCS(=O)(=O)N(CCC)C1CCNC1.